The Kier molecular flexibility index (Phi) is 2.62. The molecule has 1 aromatic rings. The number of rotatable bonds is 4. The van der Waals surface area contributed by atoms with E-state index in [0.717, 1.165) is 12.8 Å². The van der Waals surface area contributed by atoms with Crippen LogP contribution in [0.25, 0.3) is 0 Å². The standard InChI is InChI=1S/C11H14N4O3/c1-6-13-9(14-18-6)5-12-8-4-10(16)15(11(8)17)7-2-3-7/h7-8,12H,2-5H2,1H3. The van der Waals surface area contributed by atoms with Crippen molar-refractivity contribution in [2.24, 2.45) is 0 Å². The van der Waals surface area contributed by atoms with Crippen LogP contribution in [0.1, 0.15) is 31.0 Å². The molecule has 2 amide bonds. The highest BCUT2D eigenvalue weighted by Crippen LogP contribution is 2.31. The Morgan fingerprint density at radius 3 is 2.83 bits per heavy atom. The minimum absolute atomic E-state index is 0.0794. The number of hydrogen-bond donors (Lipinski definition) is 1. The molecular weight excluding hydrogens is 236 g/mol. The predicted molar refractivity (Wildman–Crippen MR) is 59.2 cm³/mol. The highest BCUT2D eigenvalue weighted by atomic mass is 16.5. The lowest BCUT2D eigenvalue weighted by Crippen LogP contribution is -2.39. The van der Waals surface area contributed by atoms with Gasteiger partial charge in [-0.25, -0.2) is 0 Å². The molecule has 96 valence electrons. The van der Waals surface area contributed by atoms with E-state index in [0.29, 0.717) is 18.3 Å². The average Bonchev–Trinajstić information content (AvgIpc) is 3.00. The fourth-order valence-electron chi connectivity index (χ4n) is 2.15. The van der Waals surface area contributed by atoms with Crippen LogP contribution in [0.2, 0.25) is 0 Å². The second-order valence-corrected chi connectivity index (χ2v) is 4.70. The third-order valence-corrected chi connectivity index (χ3v) is 3.17. The smallest absolute Gasteiger partial charge is 0.247 e. The van der Waals surface area contributed by atoms with Gasteiger partial charge in [-0.2, -0.15) is 4.98 Å². The number of carbonyl (C=O) groups excluding carboxylic acids is 2. The van der Waals surface area contributed by atoms with Crippen molar-refractivity contribution in [3.05, 3.63) is 11.7 Å². The summed E-state index contributed by atoms with van der Waals surface area (Å²) in [4.78, 5) is 29.1. The van der Waals surface area contributed by atoms with Crippen LogP contribution in [0, 0.1) is 6.92 Å². The van der Waals surface area contributed by atoms with Gasteiger partial charge >= 0.3 is 0 Å². The van der Waals surface area contributed by atoms with E-state index in [4.69, 9.17) is 4.52 Å². The first-order valence-corrected chi connectivity index (χ1v) is 6.03. The molecule has 1 saturated heterocycles. The van der Waals surface area contributed by atoms with E-state index in [-0.39, 0.29) is 24.3 Å². The molecule has 1 aromatic heterocycles. The monoisotopic (exact) mass is 250 g/mol. The van der Waals surface area contributed by atoms with E-state index in [1.807, 2.05) is 0 Å². The van der Waals surface area contributed by atoms with Crippen LogP contribution in [0.4, 0.5) is 0 Å². The zero-order valence-corrected chi connectivity index (χ0v) is 10.0. The second-order valence-electron chi connectivity index (χ2n) is 4.70. The Bertz CT molecular complexity index is 494. The highest BCUT2D eigenvalue weighted by molar-refractivity contribution is 6.06. The van der Waals surface area contributed by atoms with E-state index >= 15 is 0 Å². The van der Waals surface area contributed by atoms with E-state index in [9.17, 15) is 9.59 Å². The van der Waals surface area contributed by atoms with Crippen molar-refractivity contribution < 1.29 is 14.1 Å². The zero-order valence-electron chi connectivity index (χ0n) is 10.0. The third kappa shape index (κ3) is 2.01. The molecule has 2 heterocycles. The summed E-state index contributed by atoms with van der Waals surface area (Å²) in [5.74, 6) is 0.782. The van der Waals surface area contributed by atoms with Gasteiger partial charge in [0.15, 0.2) is 5.82 Å². The highest BCUT2D eigenvalue weighted by Gasteiger charge is 2.45. The molecule has 7 heteroatoms. The van der Waals surface area contributed by atoms with Gasteiger partial charge < -0.3 is 4.52 Å². The summed E-state index contributed by atoms with van der Waals surface area (Å²) in [5.41, 5.74) is 0. The summed E-state index contributed by atoms with van der Waals surface area (Å²) in [6, 6.07) is -0.305. The van der Waals surface area contributed by atoms with Gasteiger partial charge in [-0.15, -0.1) is 0 Å². The van der Waals surface area contributed by atoms with Crippen LogP contribution >= 0.6 is 0 Å². The lowest BCUT2D eigenvalue weighted by molar-refractivity contribution is -0.139. The maximum absolute atomic E-state index is 12.0. The number of imide groups is 1. The Morgan fingerprint density at radius 2 is 2.22 bits per heavy atom. The largest absolute Gasteiger partial charge is 0.340 e. The molecule has 3 rings (SSSR count). The number of likely N-dealkylation sites (tertiary alicyclic amines) is 1. The first-order valence-electron chi connectivity index (χ1n) is 6.03. The molecule has 1 atom stereocenters. The number of nitrogens with one attached hydrogen (secondary N) is 1. The topological polar surface area (TPSA) is 88.3 Å². The summed E-state index contributed by atoms with van der Waals surface area (Å²) in [6.07, 6.45) is 2.11. The molecule has 2 aliphatic rings. The van der Waals surface area contributed by atoms with Gasteiger partial charge in [0.05, 0.1) is 19.0 Å². The third-order valence-electron chi connectivity index (χ3n) is 3.17. The molecule has 1 unspecified atom stereocenters. The average molecular weight is 250 g/mol. The Hall–Kier alpha value is -1.76. The van der Waals surface area contributed by atoms with E-state index in [1.165, 1.54) is 4.90 Å². The normalized spacial score (nSPS) is 24.1. The van der Waals surface area contributed by atoms with Gasteiger partial charge in [0, 0.05) is 13.0 Å². The first kappa shape index (κ1) is 11.3. The quantitative estimate of drug-likeness (QED) is 0.742. The van der Waals surface area contributed by atoms with Gasteiger partial charge in [-0.05, 0) is 12.8 Å². The summed E-state index contributed by atoms with van der Waals surface area (Å²) < 4.78 is 4.83. The van der Waals surface area contributed by atoms with Gasteiger partial charge in [0.25, 0.3) is 0 Å². The maximum atomic E-state index is 12.0. The number of nitrogens with zero attached hydrogens (tertiary/aromatic N) is 3. The molecule has 0 aromatic carbocycles. The first-order chi connectivity index (χ1) is 8.65. The second kappa shape index (κ2) is 4.16. The van der Waals surface area contributed by atoms with Crippen LogP contribution in [-0.2, 0) is 16.1 Å². The van der Waals surface area contributed by atoms with Crippen LogP contribution < -0.4 is 5.32 Å². The molecule has 1 aliphatic carbocycles. The predicted octanol–water partition coefficient (Wildman–Crippen LogP) is -0.242. The van der Waals surface area contributed by atoms with Gasteiger partial charge in [0.1, 0.15) is 0 Å². The number of aryl methyl sites for hydroxylation is 1. The van der Waals surface area contributed by atoms with Gasteiger partial charge in [-0.3, -0.25) is 19.8 Å². The number of hydrogen-bond acceptors (Lipinski definition) is 6. The molecule has 1 aliphatic heterocycles. The number of carbonyl (C=O) groups is 2. The molecule has 0 spiro atoms. The Morgan fingerprint density at radius 1 is 1.44 bits per heavy atom. The van der Waals surface area contributed by atoms with Crippen molar-refractivity contribution >= 4 is 11.8 Å². The molecule has 0 radical (unpaired) electrons. The molecular formula is C11H14N4O3. The van der Waals surface area contributed by atoms with Crippen LogP contribution in [0.5, 0.6) is 0 Å². The molecule has 1 N–H and O–H groups in total. The minimum Gasteiger partial charge on any atom is -0.340 e. The van der Waals surface area contributed by atoms with Crippen molar-refractivity contribution in [3.63, 3.8) is 0 Å². The van der Waals surface area contributed by atoms with Gasteiger partial charge in [0.2, 0.25) is 17.7 Å². The zero-order chi connectivity index (χ0) is 12.7. The number of amides is 2. The summed E-state index contributed by atoms with van der Waals surface area (Å²) in [7, 11) is 0. The van der Waals surface area contributed by atoms with Crippen molar-refractivity contribution in [1.82, 2.24) is 20.4 Å². The van der Waals surface area contributed by atoms with Crippen molar-refractivity contribution in [3.8, 4) is 0 Å². The maximum Gasteiger partial charge on any atom is 0.247 e. The van der Waals surface area contributed by atoms with E-state index < -0.39 is 6.04 Å². The minimum atomic E-state index is -0.447. The van der Waals surface area contributed by atoms with Gasteiger partial charge in [-0.1, -0.05) is 5.16 Å². The Balaban J connectivity index is 1.60. The van der Waals surface area contributed by atoms with Crippen molar-refractivity contribution in [2.75, 3.05) is 0 Å². The molecule has 1 saturated carbocycles. The Labute approximate surface area is 104 Å². The van der Waals surface area contributed by atoms with Crippen molar-refractivity contribution in [1.29, 1.82) is 0 Å². The molecule has 18 heavy (non-hydrogen) atoms. The lowest BCUT2D eigenvalue weighted by Gasteiger charge is -2.13. The number of aromatic nitrogens is 2. The fourth-order valence-corrected chi connectivity index (χ4v) is 2.15. The van der Waals surface area contributed by atoms with E-state index in [1.54, 1.807) is 6.92 Å². The molecule has 2 fully saturated rings. The van der Waals surface area contributed by atoms with Crippen LogP contribution in [0.3, 0.4) is 0 Å². The van der Waals surface area contributed by atoms with Crippen molar-refractivity contribution in [2.45, 2.75) is 44.8 Å². The summed E-state index contributed by atoms with van der Waals surface area (Å²) in [6.45, 7) is 2.04. The molecule has 0 bridgehead atoms. The SMILES string of the molecule is Cc1nc(CNC2CC(=O)N(C3CC3)C2=O)no1. The summed E-state index contributed by atoms with van der Waals surface area (Å²) in [5, 5.41) is 6.74. The van der Waals surface area contributed by atoms with Crippen LogP contribution in [-0.4, -0.2) is 38.9 Å². The molecule has 7 nitrogen and oxygen atoms in total. The summed E-state index contributed by atoms with van der Waals surface area (Å²) >= 11 is 0. The van der Waals surface area contributed by atoms with Crippen LogP contribution in [0.15, 0.2) is 4.52 Å². The van der Waals surface area contributed by atoms with E-state index in [2.05, 4.69) is 15.5 Å². The fraction of sp³-hybridized carbons (Fsp3) is 0.636. The lowest BCUT2D eigenvalue weighted by atomic mass is 10.2.